The Labute approximate surface area is 85.2 Å². The van der Waals surface area contributed by atoms with Gasteiger partial charge in [0.15, 0.2) is 5.96 Å². The van der Waals surface area contributed by atoms with Gasteiger partial charge in [0.1, 0.15) is 6.04 Å². The minimum Gasteiger partial charge on any atom is -0.344 e. The summed E-state index contributed by atoms with van der Waals surface area (Å²) in [5.41, 5.74) is 0. The predicted molar refractivity (Wildman–Crippen MR) is 57.1 cm³/mol. The quantitative estimate of drug-likeness (QED) is 0.703. The summed E-state index contributed by atoms with van der Waals surface area (Å²) >= 11 is 0. The molecule has 1 heterocycles. The van der Waals surface area contributed by atoms with E-state index in [-0.39, 0.29) is 11.9 Å². The molecule has 1 saturated heterocycles. The number of rotatable bonds is 4. The molecule has 1 amide bonds. The fourth-order valence-electron chi connectivity index (χ4n) is 1.78. The number of aliphatic imine (C=N–C) groups is 1. The fraction of sp³-hybridized carbons (Fsp3) is 0.800. The Hall–Kier alpha value is -1.06. The van der Waals surface area contributed by atoms with Gasteiger partial charge in [-0.2, -0.15) is 0 Å². The van der Waals surface area contributed by atoms with E-state index in [1.54, 1.807) is 0 Å². The monoisotopic (exact) mass is 197 g/mol. The number of nitrogens with zero attached hydrogens (tertiary/aromatic N) is 1. The van der Waals surface area contributed by atoms with E-state index in [0.29, 0.717) is 18.4 Å². The molecule has 1 aliphatic heterocycles. The molecule has 0 bridgehead atoms. The number of hydrogen-bond acceptors (Lipinski definition) is 2. The van der Waals surface area contributed by atoms with Gasteiger partial charge in [-0.05, 0) is 12.8 Å². The van der Waals surface area contributed by atoms with E-state index in [2.05, 4.69) is 29.5 Å². The lowest BCUT2D eigenvalue weighted by Gasteiger charge is -2.17. The van der Waals surface area contributed by atoms with Gasteiger partial charge in [-0.25, -0.2) is 0 Å². The summed E-state index contributed by atoms with van der Waals surface area (Å²) in [6, 6.07) is -0.0877. The van der Waals surface area contributed by atoms with E-state index in [4.69, 9.17) is 0 Å². The second kappa shape index (κ2) is 4.98. The van der Waals surface area contributed by atoms with E-state index in [1.165, 1.54) is 0 Å². The molecule has 1 unspecified atom stereocenters. The zero-order valence-electron chi connectivity index (χ0n) is 9.13. The van der Waals surface area contributed by atoms with Crippen LogP contribution in [-0.4, -0.2) is 24.5 Å². The van der Waals surface area contributed by atoms with E-state index >= 15 is 0 Å². The maximum atomic E-state index is 11.6. The molecule has 2 N–H and O–H groups in total. The van der Waals surface area contributed by atoms with Crippen molar-refractivity contribution < 1.29 is 4.79 Å². The molecule has 0 aromatic carbocycles. The molecule has 1 atom stereocenters. The minimum absolute atomic E-state index is 0.0610. The van der Waals surface area contributed by atoms with E-state index in [1.807, 2.05) is 6.92 Å². The molecule has 0 aliphatic carbocycles. The van der Waals surface area contributed by atoms with Crippen molar-refractivity contribution in [3.05, 3.63) is 0 Å². The summed E-state index contributed by atoms with van der Waals surface area (Å²) in [5, 5.41) is 5.89. The molecule has 80 valence electrons. The van der Waals surface area contributed by atoms with Crippen LogP contribution in [0.4, 0.5) is 0 Å². The van der Waals surface area contributed by atoms with E-state index < -0.39 is 0 Å². The SMILES string of the molecule is CCN=C1NC(=O)C(C(CC)CC)N1. The first kappa shape index (κ1) is 11.0. The van der Waals surface area contributed by atoms with E-state index in [9.17, 15) is 4.79 Å². The molecule has 14 heavy (non-hydrogen) atoms. The maximum Gasteiger partial charge on any atom is 0.249 e. The van der Waals surface area contributed by atoms with Crippen molar-refractivity contribution in [2.45, 2.75) is 39.7 Å². The van der Waals surface area contributed by atoms with Crippen LogP contribution in [0.2, 0.25) is 0 Å². The first-order valence-electron chi connectivity index (χ1n) is 5.34. The van der Waals surface area contributed by atoms with Crippen LogP contribution in [0.1, 0.15) is 33.6 Å². The van der Waals surface area contributed by atoms with Crippen molar-refractivity contribution in [2.24, 2.45) is 10.9 Å². The lowest BCUT2D eigenvalue weighted by Crippen LogP contribution is -2.36. The van der Waals surface area contributed by atoms with Gasteiger partial charge >= 0.3 is 0 Å². The number of amides is 1. The minimum atomic E-state index is -0.0877. The van der Waals surface area contributed by atoms with Gasteiger partial charge in [0.2, 0.25) is 5.91 Å². The molecule has 1 rings (SSSR count). The molecule has 0 aromatic heterocycles. The van der Waals surface area contributed by atoms with Gasteiger partial charge < -0.3 is 5.32 Å². The number of guanidine groups is 1. The molecule has 4 nitrogen and oxygen atoms in total. The fourth-order valence-corrected chi connectivity index (χ4v) is 1.78. The number of nitrogens with one attached hydrogen (secondary N) is 2. The second-order valence-electron chi connectivity index (χ2n) is 3.51. The first-order chi connectivity index (χ1) is 6.72. The molecular weight excluding hydrogens is 178 g/mol. The third-order valence-corrected chi connectivity index (χ3v) is 2.65. The van der Waals surface area contributed by atoms with Crippen molar-refractivity contribution in [1.29, 1.82) is 0 Å². The lowest BCUT2D eigenvalue weighted by molar-refractivity contribution is -0.121. The summed E-state index contributed by atoms with van der Waals surface area (Å²) in [7, 11) is 0. The maximum absolute atomic E-state index is 11.6. The smallest absolute Gasteiger partial charge is 0.249 e. The van der Waals surface area contributed by atoms with Crippen LogP contribution in [0.15, 0.2) is 4.99 Å². The molecule has 4 heteroatoms. The van der Waals surface area contributed by atoms with Crippen LogP contribution < -0.4 is 10.6 Å². The highest BCUT2D eigenvalue weighted by atomic mass is 16.2. The molecule has 1 fully saturated rings. The van der Waals surface area contributed by atoms with Crippen LogP contribution in [0.3, 0.4) is 0 Å². The first-order valence-corrected chi connectivity index (χ1v) is 5.34. The lowest BCUT2D eigenvalue weighted by atomic mass is 9.94. The van der Waals surface area contributed by atoms with Gasteiger partial charge in [-0.3, -0.25) is 15.1 Å². The van der Waals surface area contributed by atoms with Gasteiger partial charge in [0.25, 0.3) is 0 Å². The zero-order chi connectivity index (χ0) is 10.6. The van der Waals surface area contributed by atoms with Crippen molar-refractivity contribution in [3.8, 4) is 0 Å². The summed E-state index contributed by atoms with van der Waals surface area (Å²) in [4.78, 5) is 15.7. The number of hydrogen-bond donors (Lipinski definition) is 2. The van der Waals surface area contributed by atoms with Crippen molar-refractivity contribution in [3.63, 3.8) is 0 Å². The largest absolute Gasteiger partial charge is 0.344 e. The Balaban J connectivity index is 2.64. The highest BCUT2D eigenvalue weighted by Gasteiger charge is 2.32. The van der Waals surface area contributed by atoms with Gasteiger partial charge in [-0.15, -0.1) is 0 Å². The Morgan fingerprint density at radius 3 is 2.50 bits per heavy atom. The standard InChI is InChI=1S/C10H19N3O/c1-4-7(5-2)8-9(14)13-10(12-8)11-6-3/h7-8H,4-6H2,1-3H3,(H2,11,12,13,14). The number of carbonyl (C=O) groups is 1. The highest BCUT2D eigenvalue weighted by Crippen LogP contribution is 2.15. The van der Waals surface area contributed by atoms with Crippen LogP contribution in [0.25, 0.3) is 0 Å². The predicted octanol–water partition coefficient (Wildman–Crippen LogP) is 0.886. The molecule has 0 radical (unpaired) electrons. The number of carbonyl (C=O) groups excluding carboxylic acids is 1. The molecule has 0 saturated carbocycles. The van der Waals surface area contributed by atoms with Crippen LogP contribution in [0.5, 0.6) is 0 Å². The van der Waals surface area contributed by atoms with Crippen LogP contribution in [-0.2, 0) is 4.79 Å². The van der Waals surface area contributed by atoms with Gasteiger partial charge in [0.05, 0.1) is 0 Å². The van der Waals surface area contributed by atoms with Gasteiger partial charge in [-0.1, -0.05) is 26.7 Å². The summed E-state index contributed by atoms with van der Waals surface area (Å²) in [5.74, 6) is 1.10. The normalized spacial score (nSPS) is 24.1. The third kappa shape index (κ3) is 2.25. The highest BCUT2D eigenvalue weighted by molar-refractivity contribution is 6.06. The van der Waals surface area contributed by atoms with E-state index in [0.717, 1.165) is 12.8 Å². The Kier molecular flexibility index (Phi) is 3.92. The average Bonchev–Trinajstić information content (AvgIpc) is 2.51. The zero-order valence-corrected chi connectivity index (χ0v) is 9.13. The summed E-state index contributed by atoms with van der Waals surface area (Å²) in [6.07, 6.45) is 2.03. The van der Waals surface area contributed by atoms with Crippen molar-refractivity contribution in [1.82, 2.24) is 10.6 Å². The second-order valence-corrected chi connectivity index (χ2v) is 3.51. The summed E-state index contributed by atoms with van der Waals surface area (Å²) < 4.78 is 0. The third-order valence-electron chi connectivity index (χ3n) is 2.65. The van der Waals surface area contributed by atoms with Crippen molar-refractivity contribution >= 4 is 11.9 Å². The van der Waals surface area contributed by atoms with Crippen molar-refractivity contribution in [2.75, 3.05) is 6.54 Å². The Morgan fingerprint density at radius 1 is 1.36 bits per heavy atom. The Bertz CT molecular complexity index is 234. The van der Waals surface area contributed by atoms with Gasteiger partial charge in [0, 0.05) is 6.54 Å². The molecule has 0 spiro atoms. The average molecular weight is 197 g/mol. The summed E-state index contributed by atoms with van der Waals surface area (Å²) in [6.45, 7) is 6.86. The molecular formula is C10H19N3O. The Morgan fingerprint density at radius 2 is 2.00 bits per heavy atom. The van der Waals surface area contributed by atoms with Crippen LogP contribution >= 0.6 is 0 Å². The molecule has 0 aromatic rings. The van der Waals surface area contributed by atoms with Crippen LogP contribution in [0, 0.1) is 5.92 Å². The molecule has 1 aliphatic rings. The topological polar surface area (TPSA) is 53.5 Å².